The van der Waals surface area contributed by atoms with Crippen molar-refractivity contribution >= 4 is 0 Å². The third kappa shape index (κ3) is 2.76. The van der Waals surface area contributed by atoms with Crippen molar-refractivity contribution in [3.63, 3.8) is 0 Å². The van der Waals surface area contributed by atoms with Gasteiger partial charge in [0, 0.05) is 6.42 Å². The van der Waals surface area contributed by atoms with Crippen LogP contribution in [0.2, 0.25) is 0 Å². The second kappa shape index (κ2) is 6.04. The molecule has 2 rings (SSSR count). The highest BCUT2D eigenvalue weighted by molar-refractivity contribution is 5.32. The highest BCUT2D eigenvalue weighted by Crippen LogP contribution is 2.26. The van der Waals surface area contributed by atoms with Gasteiger partial charge in [-0.05, 0) is 5.56 Å². The Hall–Kier alpha value is -2.30. The first kappa shape index (κ1) is 13.1. The minimum atomic E-state index is 0.246. The molecule has 0 atom stereocenters. The Kier molecular flexibility index (Phi) is 4.18. The van der Waals surface area contributed by atoms with Gasteiger partial charge in [-0.3, -0.25) is 0 Å². The lowest BCUT2D eigenvalue weighted by atomic mass is 10.1. The van der Waals surface area contributed by atoms with Gasteiger partial charge in [-0.1, -0.05) is 30.3 Å². The van der Waals surface area contributed by atoms with E-state index in [-0.39, 0.29) is 5.95 Å². The topological polar surface area (TPSA) is 49.0 Å². The molecule has 0 aromatic heterocycles. The molecule has 1 aromatic rings. The number of benzene rings is 1. The van der Waals surface area contributed by atoms with Crippen LogP contribution in [-0.4, -0.2) is 21.3 Å². The molecule has 5 heteroatoms. The second-order valence-corrected chi connectivity index (χ2v) is 3.90. The van der Waals surface area contributed by atoms with Crippen molar-refractivity contribution in [2.45, 2.75) is 6.42 Å². The predicted octanol–water partition coefficient (Wildman–Crippen LogP) is 2.08. The summed E-state index contributed by atoms with van der Waals surface area (Å²) < 4.78 is 15.7. The molecule has 0 amide bonds. The van der Waals surface area contributed by atoms with Crippen molar-refractivity contribution in [3.8, 4) is 0 Å². The maximum absolute atomic E-state index is 5.39. The Labute approximate surface area is 112 Å². The van der Waals surface area contributed by atoms with Gasteiger partial charge in [0.2, 0.25) is 5.76 Å². The molecule has 1 N–H and O–H groups in total. The smallest absolute Gasteiger partial charge is 0.353 e. The quantitative estimate of drug-likeness (QED) is 0.881. The molecular formula is C14H17NO4. The zero-order valence-corrected chi connectivity index (χ0v) is 11.2. The minimum Gasteiger partial charge on any atom is -0.491 e. The predicted molar refractivity (Wildman–Crippen MR) is 69.4 cm³/mol. The normalized spacial score (nSPS) is 14.7. The number of methoxy groups -OCH3 is 3. The molecule has 19 heavy (non-hydrogen) atoms. The Morgan fingerprint density at radius 1 is 0.947 bits per heavy atom. The van der Waals surface area contributed by atoms with Crippen LogP contribution >= 0.6 is 0 Å². The summed E-state index contributed by atoms with van der Waals surface area (Å²) in [7, 11) is 4.63. The average molecular weight is 263 g/mol. The molecule has 0 fully saturated rings. The zero-order chi connectivity index (χ0) is 13.7. The fraction of sp³-hybridized carbons (Fsp3) is 0.286. The molecule has 0 spiro atoms. The van der Waals surface area contributed by atoms with E-state index < -0.39 is 0 Å². The third-order valence-electron chi connectivity index (χ3n) is 2.75. The first-order valence-corrected chi connectivity index (χ1v) is 5.86. The highest BCUT2D eigenvalue weighted by atomic mass is 16.8. The number of ether oxygens (including phenoxy) is 3. The Bertz CT molecular complexity index is 493. The van der Waals surface area contributed by atoms with Crippen molar-refractivity contribution in [3.05, 3.63) is 59.1 Å². The van der Waals surface area contributed by atoms with Crippen LogP contribution in [0.3, 0.4) is 0 Å². The van der Waals surface area contributed by atoms with E-state index in [1.165, 1.54) is 7.11 Å². The summed E-state index contributed by atoms with van der Waals surface area (Å²) in [6.45, 7) is 0. The lowest BCUT2D eigenvalue weighted by Gasteiger charge is -2.24. The monoisotopic (exact) mass is 263 g/mol. The van der Waals surface area contributed by atoms with Gasteiger partial charge in [0.1, 0.15) is 0 Å². The highest BCUT2D eigenvalue weighted by Gasteiger charge is 2.26. The summed E-state index contributed by atoms with van der Waals surface area (Å²) in [5.74, 6) is 1.26. The van der Waals surface area contributed by atoms with Crippen LogP contribution in [0.5, 0.6) is 0 Å². The summed E-state index contributed by atoms with van der Waals surface area (Å²) >= 11 is 0. The number of rotatable bonds is 5. The van der Waals surface area contributed by atoms with Crippen LogP contribution in [0, 0.1) is 0 Å². The second-order valence-electron chi connectivity index (χ2n) is 3.90. The Morgan fingerprint density at radius 3 is 2.21 bits per heavy atom. The van der Waals surface area contributed by atoms with Gasteiger partial charge in [-0.25, -0.2) is 5.48 Å². The molecule has 0 aliphatic carbocycles. The molecule has 0 unspecified atom stereocenters. The van der Waals surface area contributed by atoms with Crippen LogP contribution < -0.4 is 5.48 Å². The number of hydroxylamine groups is 1. The molecule has 1 aromatic carbocycles. The summed E-state index contributed by atoms with van der Waals surface area (Å²) in [6, 6.07) is 10.0. The van der Waals surface area contributed by atoms with Crippen molar-refractivity contribution in [2.24, 2.45) is 0 Å². The molecular weight excluding hydrogens is 246 g/mol. The molecule has 102 valence electrons. The number of hydrogen-bond acceptors (Lipinski definition) is 5. The van der Waals surface area contributed by atoms with Crippen LogP contribution in [0.25, 0.3) is 0 Å². The van der Waals surface area contributed by atoms with E-state index in [1.54, 1.807) is 14.2 Å². The summed E-state index contributed by atoms with van der Waals surface area (Å²) in [5.41, 5.74) is 4.75. The average Bonchev–Trinajstić information content (AvgIpc) is 2.47. The van der Waals surface area contributed by atoms with Gasteiger partial charge >= 0.3 is 5.95 Å². The SMILES string of the molecule is COC1=C(OC)C(OC)=C(Cc2ccccc2)NO1. The number of allylic oxidation sites excluding steroid dienone is 1. The van der Waals surface area contributed by atoms with E-state index in [0.717, 1.165) is 11.3 Å². The largest absolute Gasteiger partial charge is 0.491 e. The van der Waals surface area contributed by atoms with Gasteiger partial charge in [0.15, 0.2) is 5.76 Å². The standard InChI is InChI=1S/C14H17NO4/c1-16-12-11(9-10-7-5-4-6-8-10)15-19-14(18-3)13(12)17-2/h4-8,15H,9H2,1-3H3. The lowest BCUT2D eigenvalue weighted by molar-refractivity contribution is -0.0175. The van der Waals surface area contributed by atoms with Gasteiger partial charge in [0.05, 0.1) is 27.0 Å². The van der Waals surface area contributed by atoms with Crippen molar-refractivity contribution in [1.29, 1.82) is 0 Å². The molecule has 0 saturated heterocycles. The maximum Gasteiger partial charge on any atom is 0.353 e. The van der Waals surface area contributed by atoms with Gasteiger partial charge in [-0.2, -0.15) is 0 Å². The molecule has 0 radical (unpaired) electrons. The van der Waals surface area contributed by atoms with Crippen LogP contribution in [0.1, 0.15) is 5.56 Å². The van der Waals surface area contributed by atoms with Crippen LogP contribution in [-0.2, 0) is 25.5 Å². The van der Waals surface area contributed by atoms with E-state index in [1.807, 2.05) is 30.3 Å². The van der Waals surface area contributed by atoms with Crippen molar-refractivity contribution < 1.29 is 19.0 Å². The molecule has 0 saturated carbocycles. The van der Waals surface area contributed by atoms with Crippen LogP contribution in [0.15, 0.2) is 53.5 Å². The van der Waals surface area contributed by atoms with E-state index in [9.17, 15) is 0 Å². The Morgan fingerprint density at radius 2 is 1.63 bits per heavy atom. The summed E-state index contributed by atoms with van der Waals surface area (Å²) in [4.78, 5) is 5.29. The van der Waals surface area contributed by atoms with E-state index >= 15 is 0 Å². The summed E-state index contributed by atoms with van der Waals surface area (Å²) in [5, 5.41) is 0. The molecule has 1 aliphatic heterocycles. The third-order valence-corrected chi connectivity index (χ3v) is 2.75. The first-order chi connectivity index (χ1) is 9.30. The molecule has 5 nitrogen and oxygen atoms in total. The maximum atomic E-state index is 5.39. The lowest BCUT2D eigenvalue weighted by Crippen LogP contribution is -2.26. The fourth-order valence-electron chi connectivity index (χ4n) is 1.87. The van der Waals surface area contributed by atoms with Crippen LogP contribution in [0.4, 0.5) is 0 Å². The number of hydrogen-bond donors (Lipinski definition) is 1. The van der Waals surface area contributed by atoms with Gasteiger partial charge in [0.25, 0.3) is 0 Å². The summed E-state index contributed by atoms with van der Waals surface area (Å²) in [6.07, 6.45) is 0.647. The number of nitrogens with one attached hydrogen (secondary N) is 1. The first-order valence-electron chi connectivity index (χ1n) is 5.86. The van der Waals surface area contributed by atoms with Crippen molar-refractivity contribution in [2.75, 3.05) is 21.3 Å². The van der Waals surface area contributed by atoms with Gasteiger partial charge in [-0.15, -0.1) is 0 Å². The minimum absolute atomic E-state index is 0.246. The van der Waals surface area contributed by atoms with E-state index in [4.69, 9.17) is 19.0 Å². The fourth-order valence-corrected chi connectivity index (χ4v) is 1.87. The molecule has 1 aliphatic rings. The zero-order valence-electron chi connectivity index (χ0n) is 11.2. The Balaban J connectivity index is 2.32. The van der Waals surface area contributed by atoms with E-state index in [0.29, 0.717) is 17.9 Å². The molecule has 1 heterocycles. The van der Waals surface area contributed by atoms with Gasteiger partial charge < -0.3 is 19.0 Å². The van der Waals surface area contributed by atoms with E-state index in [2.05, 4.69) is 5.48 Å². The molecule has 0 bridgehead atoms. The van der Waals surface area contributed by atoms with Crippen molar-refractivity contribution in [1.82, 2.24) is 5.48 Å².